The van der Waals surface area contributed by atoms with E-state index in [4.69, 9.17) is 33.2 Å². The highest BCUT2D eigenvalue weighted by Crippen LogP contribution is 2.00. The topological polar surface area (TPSA) is 64.6 Å². The Kier molecular flexibility index (Phi) is 18.1. The molecule has 29 heavy (non-hydrogen) atoms. The normalized spacial score (nSPS) is 11.0. The zero-order valence-electron chi connectivity index (χ0n) is 17.2. The standard InChI is InChI=1S/C22H34O7/c1-2-23-10-11-25-14-15-27-18-19-29-21-20-28-17-16-26-13-12-24-9-8-22-6-4-3-5-7-22/h2-9H,1,10-21H2. The predicted molar refractivity (Wildman–Crippen MR) is 112 cm³/mol. The van der Waals surface area contributed by atoms with Crippen molar-refractivity contribution in [1.82, 2.24) is 0 Å². The van der Waals surface area contributed by atoms with Crippen molar-refractivity contribution >= 4 is 6.08 Å². The summed E-state index contributed by atoms with van der Waals surface area (Å²) in [5, 5.41) is 0. The van der Waals surface area contributed by atoms with Crippen molar-refractivity contribution in [3.8, 4) is 0 Å². The zero-order chi connectivity index (χ0) is 20.7. The van der Waals surface area contributed by atoms with Crippen molar-refractivity contribution in [2.75, 3.05) is 79.3 Å². The molecule has 0 aliphatic rings. The lowest BCUT2D eigenvalue weighted by Crippen LogP contribution is -2.14. The van der Waals surface area contributed by atoms with Crippen LogP contribution in [0.15, 0.2) is 49.4 Å². The second-order valence-corrected chi connectivity index (χ2v) is 5.68. The Hall–Kier alpha value is -1.90. The second-order valence-electron chi connectivity index (χ2n) is 5.68. The molecule has 0 unspecified atom stereocenters. The number of ether oxygens (including phenoxy) is 7. The van der Waals surface area contributed by atoms with Gasteiger partial charge < -0.3 is 33.2 Å². The average Bonchev–Trinajstić information content (AvgIpc) is 2.75. The zero-order valence-corrected chi connectivity index (χ0v) is 17.2. The van der Waals surface area contributed by atoms with Crippen LogP contribution in [0.25, 0.3) is 6.08 Å². The van der Waals surface area contributed by atoms with E-state index in [1.807, 2.05) is 36.4 Å². The third-order valence-corrected chi connectivity index (χ3v) is 3.45. The molecule has 0 aromatic heterocycles. The van der Waals surface area contributed by atoms with Crippen LogP contribution in [-0.2, 0) is 33.2 Å². The van der Waals surface area contributed by atoms with Crippen LogP contribution in [0.5, 0.6) is 0 Å². The smallest absolute Gasteiger partial charge is 0.111 e. The van der Waals surface area contributed by atoms with E-state index in [9.17, 15) is 0 Å². The summed E-state index contributed by atoms with van der Waals surface area (Å²) in [5.74, 6) is 0. The Bertz CT molecular complexity index is 493. The van der Waals surface area contributed by atoms with Gasteiger partial charge in [-0.25, -0.2) is 0 Å². The van der Waals surface area contributed by atoms with E-state index in [0.717, 1.165) is 5.56 Å². The summed E-state index contributed by atoms with van der Waals surface area (Å²) in [6, 6.07) is 10.00. The SMILES string of the molecule is C=COCCOCCOCCOCCOCCOCCOC=Cc1ccccc1. The van der Waals surface area contributed by atoms with Gasteiger partial charge in [0.15, 0.2) is 0 Å². The highest BCUT2D eigenvalue weighted by atomic mass is 16.6. The molecule has 0 fully saturated rings. The molecular weight excluding hydrogens is 376 g/mol. The minimum atomic E-state index is 0.511. The van der Waals surface area contributed by atoms with Crippen molar-refractivity contribution in [2.24, 2.45) is 0 Å². The summed E-state index contributed by atoms with van der Waals surface area (Å²) in [6.45, 7) is 9.82. The molecule has 0 saturated heterocycles. The Labute approximate surface area is 174 Å². The van der Waals surface area contributed by atoms with Crippen LogP contribution in [0.3, 0.4) is 0 Å². The van der Waals surface area contributed by atoms with Gasteiger partial charge in [0.1, 0.15) is 13.2 Å². The summed E-state index contributed by atoms with van der Waals surface area (Å²) < 4.78 is 37.2. The molecule has 0 radical (unpaired) electrons. The fourth-order valence-electron chi connectivity index (χ4n) is 2.04. The molecule has 0 heterocycles. The van der Waals surface area contributed by atoms with Crippen LogP contribution >= 0.6 is 0 Å². The van der Waals surface area contributed by atoms with Crippen molar-refractivity contribution < 1.29 is 33.2 Å². The molecule has 1 aromatic rings. The summed E-state index contributed by atoms with van der Waals surface area (Å²) in [5.41, 5.74) is 1.11. The largest absolute Gasteiger partial charge is 0.499 e. The van der Waals surface area contributed by atoms with E-state index >= 15 is 0 Å². The molecule has 164 valence electrons. The first kappa shape index (κ1) is 25.1. The molecule has 1 aromatic carbocycles. The lowest BCUT2D eigenvalue weighted by atomic mass is 10.2. The van der Waals surface area contributed by atoms with Gasteiger partial charge in [-0.05, 0) is 11.6 Å². The molecule has 0 amide bonds. The van der Waals surface area contributed by atoms with Gasteiger partial charge in [0.25, 0.3) is 0 Å². The van der Waals surface area contributed by atoms with E-state index in [2.05, 4.69) is 6.58 Å². The van der Waals surface area contributed by atoms with E-state index in [1.165, 1.54) is 6.26 Å². The monoisotopic (exact) mass is 410 g/mol. The minimum Gasteiger partial charge on any atom is -0.499 e. The Morgan fingerprint density at radius 1 is 0.552 bits per heavy atom. The van der Waals surface area contributed by atoms with Crippen molar-refractivity contribution in [1.29, 1.82) is 0 Å². The van der Waals surface area contributed by atoms with Crippen LogP contribution in [0.2, 0.25) is 0 Å². The van der Waals surface area contributed by atoms with Crippen molar-refractivity contribution in [3.05, 3.63) is 55.0 Å². The van der Waals surface area contributed by atoms with Crippen molar-refractivity contribution in [2.45, 2.75) is 0 Å². The van der Waals surface area contributed by atoms with E-state index in [0.29, 0.717) is 79.3 Å². The van der Waals surface area contributed by atoms with Gasteiger partial charge in [-0.2, -0.15) is 0 Å². The second kappa shape index (κ2) is 20.8. The Morgan fingerprint density at radius 2 is 0.966 bits per heavy atom. The van der Waals surface area contributed by atoms with E-state index in [1.54, 1.807) is 6.26 Å². The summed E-state index contributed by atoms with van der Waals surface area (Å²) in [4.78, 5) is 0. The molecule has 0 N–H and O–H groups in total. The van der Waals surface area contributed by atoms with Crippen LogP contribution in [0, 0.1) is 0 Å². The maximum atomic E-state index is 5.43. The third kappa shape index (κ3) is 17.9. The van der Waals surface area contributed by atoms with Gasteiger partial charge in [0.2, 0.25) is 0 Å². The number of hydrogen-bond acceptors (Lipinski definition) is 7. The molecule has 0 aliphatic heterocycles. The van der Waals surface area contributed by atoms with E-state index in [-0.39, 0.29) is 0 Å². The fourth-order valence-corrected chi connectivity index (χ4v) is 2.04. The third-order valence-electron chi connectivity index (χ3n) is 3.45. The molecule has 0 aliphatic carbocycles. The minimum absolute atomic E-state index is 0.511. The number of hydrogen-bond donors (Lipinski definition) is 0. The maximum absolute atomic E-state index is 5.43. The predicted octanol–water partition coefficient (Wildman–Crippen LogP) is 2.92. The Balaban J connectivity index is 1.70. The first-order valence-electron chi connectivity index (χ1n) is 9.88. The molecule has 7 heteroatoms. The van der Waals surface area contributed by atoms with Gasteiger partial charge in [0.05, 0.1) is 78.6 Å². The quantitative estimate of drug-likeness (QED) is 0.228. The van der Waals surface area contributed by atoms with Gasteiger partial charge in [-0.1, -0.05) is 36.9 Å². The number of benzene rings is 1. The van der Waals surface area contributed by atoms with Crippen molar-refractivity contribution in [3.63, 3.8) is 0 Å². The maximum Gasteiger partial charge on any atom is 0.111 e. The molecule has 7 nitrogen and oxygen atoms in total. The molecule has 0 bridgehead atoms. The van der Waals surface area contributed by atoms with Gasteiger partial charge in [0, 0.05) is 0 Å². The van der Waals surface area contributed by atoms with E-state index < -0.39 is 0 Å². The number of rotatable bonds is 21. The average molecular weight is 411 g/mol. The highest BCUT2D eigenvalue weighted by molar-refractivity contribution is 5.47. The van der Waals surface area contributed by atoms with Crippen LogP contribution < -0.4 is 0 Å². The van der Waals surface area contributed by atoms with Crippen LogP contribution in [0.4, 0.5) is 0 Å². The molecule has 0 atom stereocenters. The Morgan fingerprint density at radius 3 is 1.41 bits per heavy atom. The summed E-state index contributed by atoms with van der Waals surface area (Å²) in [6.07, 6.45) is 5.00. The first-order valence-corrected chi connectivity index (χ1v) is 9.88. The van der Waals surface area contributed by atoms with Crippen LogP contribution in [0.1, 0.15) is 5.56 Å². The molecule has 1 rings (SSSR count). The molecular formula is C22H34O7. The lowest BCUT2D eigenvalue weighted by molar-refractivity contribution is -0.0157. The highest BCUT2D eigenvalue weighted by Gasteiger charge is 1.94. The lowest BCUT2D eigenvalue weighted by Gasteiger charge is -2.08. The first-order chi connectivity index (χ1) is 14.4. The van der Waals surface area contributed by atoms with Gasteiger partial charge in [-0.3, -0.25) is 0 Å². The molecule has 0 spiro atoms. The molecule has 0 saturated carbocycles. The van der Waals surface area contributed by atoms with Gasteiger partial charge >= 0.3 is 0 Å². The summed E-state index contributed by atoms with van der Waals surface area (Å²) >= 11 is 0. The van der Waals surface area contributed by atoms with Crippen LogP contribution in [-0.4, -0.2) is 79.3 Å². The fraction of sp³-hybridized carbons (Fsp3) is 0.545. The summed E-state index contributed by atoms with van der Waals surface area (Å²) in [7, 11) is 0. The van der Waals surface area contributed by atoms with Gasteiger partial charge in [-0.15, -0.1) is 0 Å².